The summed E-state index contributed by atoms with van der Waals surface area (Å²) < 4.78 is 6.65. The molecule has 2 atom stereocenters. The van der Waals surface area contributed by atoms with E-state index in [0.29, 0.717) is 12.3 Å². The molecule has 2 rings (SSSR count). The molecule has 104 valence electrons. The van der Waals surface area contributed by atoms with Gasteiger partial charge in [-0.2, -0.15) is 0 Å². The van der Waals surface area contributed by atoms with Gasteiger partial charge in [0, 0.05) is 23.6 Å². The molecule has 0 bridgehead atoms. The van der Waals surface area contributed by atoms with Gasteiger partial charge in [0.25, 0.3) is 5.91 Å². The van der Waals surface area contributed by atoms with E-state index in [0.717, 1.165) is 23.9 Å². The first-order chi connectivity index (χ1) is 9.06. The van der Waals surface area contributed by atoms with Crippen molar-refractivity contribution in [2.24, 2.45) is 5.73 Å². The number of amides is 1. The van der Waals surface area contributed by atoms with Crippen molar-refractivity contribution in [2.45, 2.75) is 31.9 Å². The molecule has 0 aliphatic carbocycles. The van der Waals surface area contributed by atoms with Gasteiger partial charge in [-0.15, -0.1) is 0 Å². The Morgan fingerprint density at radius 2 is 2.16 bits per heavy atom. The van der Waals surface area contributed by atoms with Crippen LogP contribution in [0.3, 0.4) is 0 Å². The largest absolute Gasteiger partial charge is 0.481 e. The number of hydrogen-bond donors (Lipinski definition) is 1. The molecule has 1 amide bonds. The fraction of sp³-hybridized carbons (Fsp3) is 0.500. The topological polar surface area (TPSA) is 55.6 Å². The van der Waals surface area contributed by atoms with Crippen LogP contribution in [0.4, 0.5) is 0 Å². The molecule has 0 aromatic heterocycles. The van der Waals surface area contributed by atoms with E-state index in [1.807, 2.05) is 24.3 Å². The van der Waals surface area contributed by atoms with Crippen LogP contribution in [0.15, 0.2) is 28.7 Å². The van der Waals surface area contributed by atoms with Crippen molar-refractivity contribution in [3.8, 4) is 5.75 Å². The zero-order chi connectivity index (χ0) is 13.8. The highest BCUT2D eigenvalue weighted by Crippen LogP contribution is 2.18. The van der Waals surface area contributed by atoms with Crippen molar-refractivity contribution < 1.29 is 9.53 Å². The molecule has 1 aromatic carbocycles. The highest BCUT2D eigenvalue weighted by molar-refractivity contribution is 9.10. The smallest absolute Gasteiger partial charge is 0.263 e. The first-order valence-corrected chi connectivity index (χ1v) is 7.32. The van der Waals surface area contributed by atoms with E-state index in [1.54, 1.807) is 11.8 Å². The molecule has 4 nitrogen and oxygen atoms in total. The van der Waals surface area contributed by atoms with Crippen molar-refractivity contribution in [3.63, 3.8) is 0 Å². The molecule has 0 saturated carbocycles. The lowest BCUT2D eigenvalue weighted by Crippen LogP contribution is -2.49. The second-order valence-electron chi connectivity index (χ2n) is 4.90. The van der Waals surface area contributed by atoms with E-state index >= 15 is 0 Å². The number of carbonyl (C=O) groups is 1. The summed E-state index contributed by atoms with van der Waals surface area (Å²) in [5.41, 5.74) is 5.89. The minimum atomic E-state index is -0.480. The number of halogens is 1. The summed E-state index contributed by atoms with van der Waals surface area (Å²) in [4.78, 5) is 14.1. The number of rotatable bonds is 3. The first kappa shape index (κ1) is 14.3. The number of hydrogen-bond acceptors (Lipinski definition) is 3. The number of ether oxygens (including phenoxy) is 1. The SMILES string of the molecule is CC(Oc1ccc(Br)cc1)C(=O)N1CCCC(N)C1. The summed E-state index contributed by atoms with van der Waals surface area (Å²) in [6, 6.07) is 7.57. The summed E-state index contributed by atoms with van der Waals surface area (Å²) in [7, 11) is 0. The number of nitrogens with two attached hydrogens (primary N) is 1. The fourth-order valence-corrected chi connectivity index (χ4v) is 2.50. The van der Waals surface area contributed by atoms with Gasteiger partial charge < -0.3 is 15.4 Å². The van der Waals surface area contributed by atoms with Crippen LogP contribution < -0.4 is 10.5 Å². The predicted molar refractivity (Wildman–Crippen MR) is 78.0 cm³/mol. The normalized spacial score (nSPS) is 21.0. The number of likely N-dealkylation sites (tertiary alicyclic amines) is 1. The maximum Gasteiger partial charge on any atom is 0.263 e. The van der Waals surface area contributed by atoms with Gasteiger partial charge >= 0.3 is 0 Å². The van der Waals surface area contributed by atoms with E-state index in [4.69, 9.17) is 10.5 Å². The van der Waals surface area contributed by atoms with Gasteiger partial charge in [-0.1, -0.05) is 15.9 Å². The molecule has 5 heteroatoms. The molecule has 1 fully saturated rings. The Balaban J connectivity index is 1.93. The standard InChI is InChI=1S/C14H19BrN2O2/c1-10(19-13-6-4-11(15)5-7-13)14(18)17-8-2-3-12(16)9-17/h4-7,10,12H,2-3,8-9,16H2,1H3. The lowest BCUT2D eigenvalue weighted by atomic mass is 10.1. The maximum atomic E-state index is 12.3. The van der Waals surface area contributed by atoms with E-state index in [1.165, 1.54) is 0 Å². The van der Waals surface area contributed by atoms with Crippen LogP contribution in [-0.4, -0.2) is 36.0 Å². The summed E-state index contributed by atoms with van der Waals surface area (Å²) in [6.45, 7) is 3.19. The Bertz CT molecular complexity index is 436. The lowest BCUT2D eigenvalue weighted by Gasteiger charge is -2.32. The van der Waals surface area contributed by atoms with Gasteiger partial charge in [0.2, 0.25) is 0 Å². The Morgan fingerprint density at radius 3 is 2.79 bits per heavy atom. The first-order valence-electron chi connectivity index (χ1n) is 6.53. The van der Waals surface area contributed by atoms with Gasteiger partial charge in [0.1, 0.15) is 5.75 Å². The van der Waals surface area contributed by atoms with Gasteiger partial charge in [-0.25, -0.2) is 0 Å². The second kappa shape index (κ2) is 6.39. The van der Waals surface area contributed by atoms with Crippen molar-refractivity contribution in [3.05, 3.63) is 28.7 Å². The molecule has 1 heterocycles. The van der Waals surface area contributed by atoms with Crippen LogP contribution in [0.5, 0.6) is 5.75 Å². The van der Waals surface area contributed by atoms with Crippen LogP contribution >= 0.6 is 15.9 Å². The molecule has 1 aliphatic rings. The van der Waals surface area contributed by atoms with E-state index in [9.17, 15) is 4.79 Å². The van der Waals surface area contributed by atoms with Gasteiger partial charge in [-0.3, -0.25) is 4.79 Å². The van der Waals surface area contributed by atoms with Crippen LogP contribution in [0, 0.1) is 0 Å². The minimum absolute atomic E-state index is 0.0121. The minimum Gasteiger partial charge on any atom is -0.481 e. The van der Waals surface area contributed by atoms with E-state index < -0.39 is 6.10 Å². The zero-order valence-corrected chi connectivity index (χ0v) is 12.6. The third-order valence-electron chi connectivity index (χ3n) is 3.24. The van der Waals surface area contributed by atoms with Crippen molar-refractivity contribution in [1.82, 2.24) is 4.90 Å². The number of piperidine rings is 1. The summed E-state index contributed by atoms with van der Waals surface area (Å²) in [5, 5.41) is 0. The Labute approximate surface area is 122 Å². The molecule has 19 heavy (non-hydrogen) atoms. The lowest BCUT2D eigenvalue weighted by molar-refractivity contribution is -0.139. The molecule has 2 unspecified atom stereocenters. The molecule has 1 aliphatic heterocycles. The third kappa shape index (κ3) is 3.94. The van der Waals surface area contributed by atoms with E-state index in [2.05, 4.69) is 15.9 Å². The van der Waals surface area contributed by atoms with Crippen LogP contribution in [-0.2, 0) is 4.79 Å². The summed E-state index contributed by atoms with van der Waals surface area (Å²) in [5.74, 6) is 0.712. The Morgan fingerprint density at radius 1 is 1.47 bits per heavy atom. The van der Waals surface area contributed by atoms with Crippen molar-refractivity contribution in [1.29, 1.82) is 0 Å². The molecule has 1 saturated heterocycles. The number of benzene rings is 1. The van der Waals surface area contributed by atoms with Crippen LogP contribution in [0.25, 0.3) is 0 Å². The van der Waals surface area contributed by atoms with Crippen molar-refractivity contribution in [2.75, 3.05) is 13.1 Å². The van der Waals surface area contributed by atoms with Gasteiger partial charge in [0.15, 0.2) is 6.10 Å². The second-order valence-corrected chi connectivity index (χ2v) is 5.82. The highest BCUT2D eigenvalue weighted by atomic mass is 79.9. The number of carbonyl (C=O) groups excluding carboxylic acids is 1. The van der Waals surface area contributed by atoms with Gasteiger partial charge in [-0.05, 0) is 44.0 Å². The molecule has 0 radical (unpaired) electrons. The monoisotopic (exact) mass is 326 g/mol. The Kier molecular flexibility index (Phi) is 4.82. The zero-order valence-electron chi connectivity index (χ0n) is 11.0. The highest BCUT2D eigenvalue weighted by Gasteiger charge is 2.26. The summed E-state index contributed by atoms with van der Waals surface area (Å²) >= 11 is 3.37. The van der Waals surface area contributed by atoms with Crippen molar-refractivity contribution >= 4 is 21.8 Å². The Hall–Kier alpha value is -1.07. The molecule has 2 N–H and O–H groups in total. The molecule has 1 aromatic rings. The molecule has 0 spiro atoms. The maximum absolute atomic E-state index is 12.3. The van der Waals surface area contributed by atoms with Gasteiger partial charge in [0.05, 0.1) is 0 Å². The summed E-state index contributed by atoms with van der Waals surface area (Å²) in [6.07, 6.45) is 1.48. The van der Waals surface area contributed by atoms with Crippen LogP contribution in [0.2, 0.25) is 0 Å². The molecular weight excluding hydrogens is 308 g/mol. The predicted octanol–water partition coefficient (Wildman–Crippen LogP) is 2.17. The fourth-order valence-electron chi connectivity index (χ4n) is 2.23. The average Bonchev–Trinajstić information content (AvgIpc) is 2.40. The van der Waals surface area contributed by atoms with E-state index in [-0.39, 0.29) is 11.9 Å². The third-order valence-corrected chi connectivity index (χ3v) is 3.77. The quantitative estimate of drug-likeness (QED) is 0.926. The molecular formula is C14H19BrN2O2. The average molecular weight is 327 g/mol. The van der Waals surface area contributed by atoms with Crippen LogP contribution in [0.1, 0.15) is 19.8 Å². The number of nitrogens with zero attached hydrogens (tertiary/aromatic N) is 1.